The zero-order chi connectivity index (χ0) is 12.8. The van der Waals surface area contributed by atoms with Crippen molar-refractivity contribution in [2.24, 2.45) is 0 Å². The minimum Gasteiger partial charge on any atom is -0.488 e. The highest BCUT2D eigenvalue weighted by molar-refractivity contribution is 5.98. The fourth-order valence-corrected chi connectivity index (χ4v) is 2.52. The van der Waals surface area contributed by atoms with Gasteiger partial charge in [0.25, 0.3) is 0 Å². The Labute approximate surface area is 109 Å². The molecule has 19 heavy (non-hydrogen) atoms. The third-order valence-corrected chi connectivity index (χ3v) is 3.40. The molecular weight excluding hydrogens is 244 g/mol. The quantitative estimate of drug-likeness (QED) is 0.678. The number of hydrogen-bond acceptors (Lipinski definition) is 4. The van der Waals surface area contributed by atoms with E-state index in [-0.39, 0.29) is 12.8 Å². The van der Waals surface area contributed by atoms with Crippen LogP contribution in [0.25, 0.3) is 11.1 Å². The molecule has 2 aromatic rings. The number of benzene rings is 2. The molecule has 0 aliphatic carbocycles. The third-order valence-electron chi connectivity index (χ3n) is 3.40. The van der Waals surface area contributed by atoms with Gasteiger partial charge in [-0.3, -0.25) is 0 Å². The van der Waals surface area contributed by atoms with Gasteiger partial charge in [0.2, 0.25) is 6.79 Å². The van der Waals surface area contributed by atoms with Gasteiger partial charge in [0, 0.05) is 0 Å². The first kappa shape index (κ1) is 10.4. The zero-order valence-corrected chi connectivity index (χ0v) is 10.0. The summed E-state index contributed by atoms with van der Waals surface area (Å²) in [7, 11) is 0. The number of rotatable bonds is 0. The number of cyclic esters (lactones) is 1. The van der Waals surface area contributed by atoms with Crippen LogP contribution in [0, 0.1) is 0 Å². The molecule has 0 atom stereocenters. The van der Waals surface area contributed by atoms with Crippen molar-refractivity contribution in [1.29, 1.82) is 0 Å². The number of carbonyl (C=O) groups is 1. The van der Waals surface area contributed by atoms with Gasteiger partial charge in [0.05, 0.1) is 5.56 Å². The highest BCUT2D eigenvalue weighted by Crippen LogP contribution is 2.46. The van der Waals surface area contributed by atoms with Crippen LogP contribution in [-0.2, 0) is 11.3 Å². The molecule has 2 aliphatic rings. The van der Waals surface area contributed by atoms with Gasteiger partial charge in [-0.05, 0) is 23.3 Å². The van der Waals surface area contributed by atoms with Crippen molar-refractivity contribution in [3.8, 4) is 22.6 Å². The maximum Gasteiger partial charge on any atom is 0.344 e. The molecule has 0 fully saturated rings. The summed E-state index contributed by atoms with van der Waals surface area (Å²) in [6.07, 6.45) is 0. The second-order valence-corrected chi connectivity index (χ2v) is 4.46. The predicted octanol–water partition coefficient (Wildman–Crippen LogP) is 2.75. The van der Waals surface area contributed by atoms with Crippen molar-refractivity contribution >= 4 is 5.97 Å². The number of carbonyl (C=O) groups excluding carboxylic acids is 1. The Morgan fingerprint density at radius 3 is 2.74 bits per heavy atom. The van der Waals surface area contributed by atoms with E-state index in [1.165, 1.54) is 0 Å². The van der Waals surface area contributed by atoms with Crippen LogP contribution < -0.4 is 9.47 Å². The number of ether oxygens (including phenoxy) is 3. The van der Waals surface area contributed by atoms with Crippen molar-refractivity contribution in [2.45, 2.75) is 6.61 Å². The Hall–Kier alpha value is -2.49. The van der Waals surface area contributed by atoms with Crippen LogP contribution >= 0.6 is 0 Å². The van der Waals surface area contributed by atoms with Crippen LogP contribution in [0.2, 0.25) is 0 Å². The fraction of sp³-hybridized carbons (Fsp3) is 0.133. The predicted molar refractivity (Wildman–Crippen MR) is 67.1 cm³/mol. The molecule has 94 valence electrons. The lowest BCUT2D eigenvalue weighted by Crippen LogP contribution is -2.20. The van der Waals surface area contributed by atoms with Crippen LogP contribution in [0.5, 0.6) is 11.5 Å². The molecule has 4 heteroatoms. The summed E-state index contributed by atoms with van der Waals surface area (Å²) in [6, 6.07) is 11.4. The topological polar surface area (TPSA) is 44.8 Å². The van der Waals surface area contributed by atoms with Crippen molar-refractivity contribution in [3.63, 3.8) is 0 Å². The summed E-state index contributed by atoms with van der Waals surface area (Å²) in [5.41, 5.74) is 3.43. The molecule has 2 aromatic carbocycles. The lowest BCUT2D eigenvalue weighted by atomic mass is 9.94. The number of fused-ring (bicyclic) bond motifs is 5. The van der Waals surface area contributed by atoms with Gasteiger partial charge >= 0.3 is 5.97 Å². The lowest BCUT2D eigenvalue weighted by Gasteiger charge is -2.26. The Kier molecular flexibility index (Phi) is 2.06. The number of esters is 1. The van der Waals surface area contributed by atoms with E-state index < -0.39 is 0 Å². The molecule has 4 rings (SSSR count). The molecule has 0 unspecified atom stereocenters. The van der Waals surface area contributed by atoms with Crippen molar-refractivity contribution in [2.75, 3.05) is 6.79 Å². The monoisotopic (exact) mass is 254 g/mol. The second kappa shape index (κ2) is 3.75. The lowest BCUT2D eigenvalue weighted by molar-refractivity contribution is 0.00502. The fourth-order valence-electron chi connectivity index (χ4n) is 2.52. The summed E-state index contributed by atoms with van der Waals surface area (Å²) in [5.74, 6) is 0.945. The molecule has 0 saturated carbocycles. The van der Waals surface area contributed by atoms with Crippen molar-refractivity contribution in [1.82, 2.24) is 0 Å². The normalized spacial score (nSPS) is 15.3. The van der Waals surface area contributed by atoms with Crippen molar-refractivity contribution < 1.29 is 19.0 Å². The SMILES string of the molecule is O=C1OCOc2c1ccc1c2-c2ccccc2CO1. The first-order valence-electron chi connectivity index (χ1n) is 6.02. The van der Waals surface area contributed by atoms with Gasteiger partial charge in [-0.25, -0.2) is 4.79 Å². The van der Waals surface area contributed by atoms with Gasteiger partial charge in [-0.2, -0.15) is 0 Å². The molecule has 0 saturated heterocycles. The maximum atomic E-state index is 11.7. The van der Waals surface area contributed by atoms with Gasteiger partial charge in [0.15, 0.2) is 0 Å². The second-order valence-electron chi connectivity index (χ2n) is 4.46. The van der Waals surface area contributed by atoms with Gasteiger partial charge in [-0.15, -0.1) is 0 Å². The summed E-state index contributed by atoms with van der Waals surface area (Å²) in [4.78, 5) is 11.7. The minimum absolute atomic E-state index is 0.0511. The van der Waals surface area contributed by atoms with E-state index in [1.54, 1.807) is 12.1 Å². The van der Waals surface area contributed by atoms with E-state index in [0.717, 1.165) is 22.4 Å². The maximum absolute atomic E-state index is 11.7. The smallest absolute Gasteiger partial charge is 0.344 e. The molecule has 0 spiro atoms. The van der Waals surface area contributed by atoms with E-state index >= 15 is 0 Å². The van der Waals surface area contributed by atoms with Gasteiger partial charge < -0.3 is 14.2 Å². The van der Waals surface area contributed by atoms with E-state index in [1.807, 2.05) is 24.3 Å². The minimum atomic E-state index is -0.355. The van der Waals surface area contributed by atoms with E-state index in [0.29, 0.717) is 17.9 Å². The summed E-state index contributed by atoms with van der Waals surface area (Å²) < 4.78 is 16.1. The first-order valence-corrected chi connectivity index (χ1v) is 6.02. The highest BCUT2D eigenvalue weighted by atomic mass is 16.7. The van der Waals surface area contributed by atoms with Crippen LogP contribution in [0.15, 0.2) is 36.4 Å². The van der Waals surface area contributed by atoms with E-state index in [9.17, 15) is 4.79 Å². The molecule has 4 nitrogen and oxygen atoms in total. The van der Waals surface area contributed by atoms with Crippen LogP contribution in [0.4, 0.5) is 0 Å². The van der Waals surface area contributed by atoms with Crippen LogP contribution in [0.1, 0.15) is 15.9 Å². The van der Waals surface area contributed by atoms with Gasteiger partial charge in [0.1, 0.15) is 23.7 Å². The molecule has 0 radical (unpaired) electrons. The first-order chi connectivity index (χ1) is 9.34. The molecule has 0 N–H and O–H groups in total. The summed E-state index contributed by atoms with van der Waals surface area (Å²) in [5, 5.41) is 0. The largest absolute Gasteiger partial charge is 0.488 e. The van der Waals surface area contributed by atoms with Gasteiger partial charge in [-0.1, -0.05) is 24.3 Å². The average molecular weight is 254 g/mol. The molecule has 0 aromatic heterocycles. The summed E-state index contributed by atoms with van der Waals surface area (Å²) in [6.45, 7) is 0.483. The third kappa shape index (κ3) is 1.43. The molecule has 2 aliphatic heterocycles. The molecule has 2 heterocycles. The molecular formula is C15H10O4. The molecule has 0 bridgehead atoms. The van der Waals surface area contributed by atoms with Crippen LogP contribution in [-0.4, -0.2) is 12.8 Å². The zero-order valence-electron chi connectivity index (χ0n) is 10.0. The number of hydrogen-bond donors (Lipinski definition) is 0. The Bertz CT molecular complexity index is 691. The van der Waals surface area contributed by atoms with E-state index in [2.05, 4.69) is 0 Å². The Balaban J connectivity index is 2.03. The Morgan fingerprint density at radius 1 is 0.895 bits per heavy atom. The van der Waals surface area contributed by atoms with Crippen LogP contribution in [0.3, 0.4) is 0 Å². The summed E-state index contributed by atoms with van der Waals surface area (Å²) >= 11 is 0. The Morgan fingerprint density at radius 2 is 1.79 bits per heavy atom. The highest BCUT2D eigenvalue weighted by Gasteiger charge is 2.29. The molecule has 0 amide bonds. The standard InChI is InChI=1S/C15H10O4/c16-15-11-5-6-12-13(14(11)18-8-19-15)10-4-2-1-3-9(10)7-17-12/h1-6H,7-8H2. The van der Waals surface area contributed by atoms with E-state index in [4.69, 9.17) is 14.2 Å². The average Bonchev–Trinajstić information content (AvgIpc) is 2.47. The van der Waals surface area contributed by atoms with Crippen molar-refractivity contribution in [3.05, 3.63) is 47.5 Å².